The molecule has 112 valence electrons. The first-order valence-electron chi connectivity index (χ1n) is 6.75. The SMILES string of the molecule is CN1CCOC(CNCc2cn(C)c(=O)n(C)c2=O)C1. The molecule has 20 heavy (non-hydrogen) atoms. The van der Waals surface area contributed by atoms with Crippen LogP contribution in [-0.2, 0) is 25.4 Å². The van der Waals surface area contributed by atoms with Crippen LogP contribution in [0.1, 0.15) is 5.56 Å². The summed E-state index contributed by atoms with van der Waals surface area (Å²) >= 11 is 0. The van der Waals surface area contributed by atoms with Gasteiger partial charge in [0.1, 0.15) is 0 Å². The minimum atomic E-state index is -0.309. The van der Waals surface area contributed by atoms with Gasteiger partial charge in [0.05, 0.1) is 12.7 Å². The zero-order valence-corrected chi connectivity index (χ0v) is 12.3. The molecule has 0 saturated carbocycles. The summed E-state index contributed by atoms with van der Waals surface area (Å²) in [5, 5.41) is 3.23. The number of ether oxygens (including phenoxy) is 1. The molecule has 0 spiro atoms. The third kappa shape index (κ3) is 3.36. The Morgan fingerprint density at radius 1 is 1.35 bits per heavy atom. The number of nitrogens with one attached hydrogen (secondary N) is 1. The van der Waals surface area contributed by atoms with Crippen molar-refractivity contribution in [1.82, 2.24) is 19.4 Å². The molecular formula is C13H22N4O3. The highest BCUT2D eigenvalue weighted by molar-refractivity contribution is 5.05. The van der Waals surface area contributed by atoms with Crippen LogP contribution in [0.5, 0.6) is 0 Å². The lowest BCUT2D eigenvalue weighted by Gasteiger charge is -2.30. The van der Waals surface area contributed by atoms with Crippen LogP contribution in [0.2, 0.25) is 0 Å². The van der Waals surface area contributed by atoms with E-state index in [1.165, 1.54) is 11.6 Å². The lowest BCUT2D eigenvalue weighted by Crippen LogP contribution is -2.45. The Morgan fingerprint density at radius 2 is 2.10 bits per heavy atom. The van der Waals surface area contributed by atoms with Gasteiger partial charge in [-0.3, -0.25) is 9.36 Å². The van der Waals surface area contributed by atoms with Crippen molar-refractivity contribution in [3.63, 3.8) is 0 Å². The van der Waals surface area contributed by atoms with Crippen LogP contribution in [0, 0.1) is 0 Å². The highest BCUT2D eigenvalue weighted by Gasteiger charge is 2.17. The summed E-state index contributed by atoms with van der Waals surface area (Å²) in [6.45, 7) is 3.71. The average molecular weight is 282 g/mol. The molecule has 0 bridgehead atoms. The van der Waals surface area contributed by atoms with E-state index < -0.39 is 0 Å². The van der Waals surface area contributed by atoms with Crippen LogP contribution >= 0.6 is 0 Å². The third-order valence-corrected chi connectivity index (χ3v) is 3.55. The first-order valence-corrected chi connectivity index (χ1v) is 6.75. The lowest BCUT2D eigenvalue weighted by atomic mass is 10.2. The highest BCUT2D eigenvalue weighted by Crippen LogP contribution is 2.01. The Labute approximate surface area is 117 Å². The van der Waals surface area contributed by atoms with Crippen molar-refractivity contribution < 1.29 is 4.74 Å². The van der Waals surface area contributed by atoms with E-state index in [4.69, 9.17) is 4.74 Å². The zero-order chi connectivity index (χ0) is 14.7. The van der Waals surface area contributed by atoms with Crippen LogP contribution in [0.15, 0.2) is 15.8 Å². The normalized spacial score (nSPS) is 20.2. The first kappa shape index (κ1) is 15.0. The summed E-state index contributed by atoms with van der Waals surface area (Å²) in [4.78, 5) is 25.7. The number of nitrogens with zero attached hydrogens (tertiary/aromatic N) is 3. The molecule has 1 atom stereocenters. The van der Waals surface area contributed by atoms with E-state index in [2.05, 4.69) is 17.3 Å². The fourth-order valence-corrected chi connectivity index (χ4v) is 2.36. The molecular weight excluding hydrogens is 260 g/mol. The Kier molecular flexibility index (Phi) is 4.74. The summed E-state index contributed by atoms with van der Waals surface area (Å²) in [5.74, 6) is 0. The van der Waals surface area contributed by atoms with Crippen LogP contribution < -0.4 is 16.6 Å². The van der Waals surface area contributed by atoms with E-state index in [0.29, 0.717) is 18.7 Å². The summed E-state index contributed by atoms with van der Waals surface area (Å²) in [6.07, 6.45) is 1.73. The van der Waals surface area contributed by atoms with Gasteiger partial charge in [-0.25, -0.2) is 4.79 Å². The summed E-state index contributed by atoms with van der Waals surface area (Å²) in [6, 6.07) is 0. The van der Waals surface area contributed by atoms with Crippen molar-refractivity contribution in [2.45, 2.75) is 12.6 Å². The van der Waals surface area contributed by atoms with Gasteiger partial charge in [0.25, 0.3) is 5.56 Å². The molecule has 0 aromatic carbocycles. The molecule has 1 saturated heterocycles. The third-order valence-electron chi connectivity index (χ3n) is 3.55. The predicted molar refractivity (Wildman–Crippen MR) is 75.9 cm³/mol. The Balaban J connectivity index is 1.95. The van der Waals surface area contributed by atoms with Gasteiger partial charge in [-0.05, 0) is 7.05 Å². The standard InChI is InChI=1S/C13H22N4O3/c1-15-4-5-20-11(9-15)7-14-6-10-8-16(2)13(19)17(3)12(10)18/h8,11,14H,4-7,9H2,1-3H3. The molecule has 7 nitrogen and oxygen atoms in total. The average Bonchev–Trinajstić information content (AvgIpc) is 2.42. The Bertz CT molecular complexity index is 578. The van der Waals surface area contributed by atoms with Gasteiger partial charge >= 0.3 is 5.69 Å². The second kappa shape index (κ2) is 6.34. The summed E-state index contributed by atoms with van der Waals surface area (Å²) in [7, 11) is 5.20. The van der Waals surface area contributed by atoms with Crippen molar-refractivity contribution in [3.8, 4) is 0 Å². The molecule has 1 aromatic heterocycles. The van der Waals surface area contributed by atoms with E-state index in [-0.39, 0.29) is 17.4 Å². The number of likely N-dealkylation sites (N-methyl/N-ethyl adjacent to an activating group) is 1. The monoisotopic (exact) mass is 282 g/mol. The number of hydrogen-bond donors (Lipinski definition) is 1. The van der Waals surface area contributed by atoms with Gasteiger partial charge in [-0.1, -0.05) is 0 Å². The fraction of sp³-hybridized carbons (Fsp3) is 0.692. The highest BCUT2D eigenvalue weighted by atomic mass is 16.5. The number of rotatable bonds is 4. The summed E-state index contributed by atoms with van der Waals surface area (Å²) < 4.78 is 8.19. The molecule has 0 amide bonds. The predicted octanol–water partition coefficient (Wildman–Crippen LogP) is -1.50. The van der Waals surface area contributed by atoms with Gasteiger partial charge in [0, 0.05) is 52.0 Å². The van der Waals surface area contributed by atoms with Gasteiger partial charge in [-0.2, -0.15) is 0 Å². The first-order chi connectivity index (χ1) is 9.49. The van der Waals surface area contributed by atoms with Gasteiger partial charge < -0.3 is 19.5 Å². The van der Waals surface area contributed by atoms with Crippen LogP contribution in [-0.4, -0.2) is 53.4 Å². The molecule has 7 heteroatoms. The smallest absolute Gasteiger partial charge is 0.330 e. The van der Waals surface area contributed by atoms with Gasteiger partial charge in [0.2, 0.25) is 0 Å². The van der Waals surface area contributed by atoms with Gasteiger partial charge in [-0.15, -0.1) is 0 Å². The molecule has 0 radical (unpaired) electrons. The van der Waals surface area contributed by atoms with Crippen molar-refractivity contribution in [1.29, 1.82) is 0 Å². The van der Waals surface area contributed by atoms with E-state index in [0.717, 1.165) is 24.3 Å². The Morgan fingerprint density at radius 3 is 2.80 bits per heavy atom. The second-order valence-corrected chi connectivity index (χ2v) is 5.30. The van der Waals surface area contributed by atoms with E-state index >= 15 is 0 Å². The maximum Gasteiger partial charge on any atom is 0.330 e. The van der Waals surface area contributed by atoms with E-state index in [1.807, 2.05) is 0 Å². The molecule has 1 fully saturated rings. The molecule has 1 aliphatic rings. The molecule has 1 unspecified atom stereocenters. The van der Waals surface area contributed by atoms with Crippen LogP contribution in [0.25, 0.3) is 0 Å². The molecule has 2 rings (SSSR count). The van der Waals surface area contributed by atoms with Crippen LogP contribution in [0.3, 0.4) is 0 Å². The second-order valence-electron chi connectivity index (χ2n) is 5.30. The largest absolute Gasteiger partial charge is 0.374 e. The van der Waals surface area contributed by atoms with E-state index in [9.17, 15) is 9.59 Å². The number of aryl methyl sites for hydroxylation is 1. The van der Waals surface area contributed by atoms with Crippen molar-refractivity contribution >= 4 is 0 Å². The van der Waals surface area contributed by atoms with Crippen LogP contribution in [0.4, 0.5) is 0 Å². The molecule has 2 heterocycles. The van der Waals surface area contributed by atoms with Crippen molar-refractivity contribution in [2.24, 2.45) is 14.1 Å². The fourth-order valence-electron chi connectivity index (χ4n) is 2.36. The molecule has 1 aromatic rings. The zero-order valence-electron chi connectivity index (χ0n) is 12.3. The van der Waals surface area contributed by atoms with E-state index in [1.54, 1.807) is 13.2 Å². The minimum absolute atomic E-state index is 0.144. The number of morpholine rings is 1. The number of aromatic nitrogens is 2. The molecule has 1 aliphatic heterocycles. The lowest BCUT2D eigenvalue weighted by molar-refractivity contribution is -0.0182. The maximum atomic E-state index is 11.9. The molecule has 0 aliphatic carbocycles. The Hall–Kier alpha value is -1.44. The minimum Gasteiger partial charge on any atom is -0.374 e. The van der Waals surface area contributed by atoms with Crippen molar-refractivity contribution in [2.75, 3.05) is 33.3 Å². The maximum absolute atomic E-state index is 11.9. The quantitative estimate of drug-likeness (QED) is 0.728. The van der Waals surface area contributed by atoms with Gasteiger partial charge in [0.15, 0.2) is 0 Å². The number of hydrogen-bond acceptors (Lipinski definition) is 5. The van der Waals surface area contributed by atoms with Crippen molar-refractivity contribution in [3.05, 3.63) is 32.6 Å². The summed E-state index contributed by atoms with van der Waals surface area (Å²) in [5.41, 5.74) is 0.0250. The topological polar surface area (TPSA) is 68.5 Å². The molecule has 1 N–H and O–H groups in total.